The first-order chi connectivity index (χ1) is 12.6. The molecule has 27 heavy (non-hydrogen) atoms. The fourth-order valence-corrected chi connectivity index (χ4v) is 3.83. The summed E-state index contributed by atoms with van der Waals surface area (Å²) in [6.45, 7) is 6.08. The minimum Gasteiger partial charge on any atom is -0.481 e. The summed E-state index contributed by atoms with van der Waals surface area (Å²) in [6, 6.07) is 4.07. The van der Waals surface area contributed by atoms with Crippen molar-refractivity contribution in [1.82, 2.24) is 14.8 Å². The van der Waals surface area contributed by atoms with E-state index >= 15 is 0 Å². The number of halogens is 1. The Balaban J connectivity index is 0.00000261. The van der Waals surface area contributed by atoms with Gasteiger partial charge in [0.2, 0.25) is 5.91 Å². The number of carboxylic acids is 1. The molecule has 0 bridgehead atoms. The second kappa shape index (κ2) is 10.5. The summed E-state index contributed by atoms with van der Waals surface area (Å²) in [4.78, 5) is 33.9. The third-order valence-electron chi connectivity index (χ3n) is 5.47. The van der Waals surface area contributed by atoms with Gasteiger partial charge in [-0.25, -0.2) is 0 Å². The predicted molar refractivity (Wildman–Crippen MR) is 106 cm³/mol. The van der Waals surface area contributed by atoms with Gasteiger partial charge in [-0.05, 0) is 30.9 Å². The number of carbonyl (C=O) groups is 2. The van der Waals surface area contributed by atoms with E-state index in [1.54, 1.807) is 0 Å². The van der Waals surface area contributed by atoms with Gasteiger partial charge in [0.15, 0.2) is 0 Å². The van der Waals surface area contributed by atoms with Gasteiger partial charge < -0.3 is 14.9 Å². The molecule has 2 fully saturated rings. The number of aromatic nitrogens is 1. The van der Waals surface area contributed by atoms with E-state index in [0.717, 1.165) is 45.6 Å². The second-order valence-electron chi connectivity index (χ2n) is 7.21. The van der Waals surface area contributed by atoms with Gasteiger partial charge in [0, 0.05) is 76.7 Å². The van der Waals surface area contributed by atoms with Crippen molar-refractivity contribution in [2.75, 3.05) is 50.7 Å². The molecule has 0 saturated carbocycles. The van der Waals surface area contributed by atoms with Crippen LogP contribution in [0.5, 0.6) is 0 Å². The van der Waals surface area contributed by atoms with Crippen molar-refractivity contribution in [3.05, 3.63) is 24.5 Å². The Hall–Kier alpha value is -1.86. The molecule has 8 heteroatoms. The van der Waals surface area contributed by atoms with Crippen LogP contribution in [0.25, 0.3) is 0 Å². The summed E-state index contributed by atoms with van der Waals surface area (Å²) in [5.74, 6) is -0.311. The number of rotatable bonds is 6. The number of hydrogen-bond donors (Lipinski definition) is 1. The number of carbonyl (C=O) groups excluding carboxylic acids is 1. The van der Waals surface area contributed by atoms with Crippen molar-refractivity contribution in [1.29, 1.82) is 0 Å². The average molecular weight is 397 g/mol. The van der Waals surface area contributed by atoms with E-state index in [1.165, 1.54) is 5.69 Å². The number of likely N-dealkylation sites (tertiary alicyclic amines) is 1. The molecular weight excluding hydrogens is 368 g/mol. The number of anilines is 1. The predicted octanol–water partition coefficient (Wildman–Crippen LogP) is 1.73. The van der Waals surface area contributed by atoms with Gasteiger partial charge in [-0.1, -0.05) is 0 Å². The molecule has 1 amide bonds. The summed E-state index contributed by atoms with van der Waals surface area (Å²) in [7, 11) is 0. The van der Waals surface area contributed by atoms with E-state index in [-0.39, 0.29) is 30.7 Å². The van der Waals surface area contributed by atoms with Crippen LogP contribution >= 0.6 is 12.4 Å². The first-order valence-electron chi connectivity index (χ1n) is 9.48. The van der Waals surface area contributed by atoms with E-state index in [2.05, 4.69) is 14.8 Å². The lowest BCUT2D eigenvalue weighted by atomic mass is 9.93. The van der Waals surface area contributed by atoms with Gasteiger partial charge in [-0.2, -0.15) is 0 Å². The molecule has 2 aliphatic rings. The minimum absolute atomic E-state index is 0. The summed E-state index contributed by atoms with van der Waals surface area (Å²) in [5.41, 5.74) is 1.21. The largest absolute Gasteiger partial charge is 0.481 e. The highest BCUT2D eigenvalue weighted by Gasteiger charge is 2.25. The lowest BCUT2D eigenvalue weighted by Crippen LogP contribution is -2.47. The van der Waals surface area contributed by atoms with Crippen LogP contribution in [0.4, 0.5) is 5.69 Å². The van der Waals surface area contributed by atoms with Gasteiger partial charge in [-0.3, -0.25) is 19.5 Å². The zero-order chi connectivity index (χ0) is 18.4. The van der Waals surface area contributed by atoms with E-state index < -0.39 is 5.97 Å². The van der Waals surface area contributed by atoms with Crippen LogP contribution in [0, 0.1) is 5.92 Å². The molecule has 0 spiro atoms. The first kappa shape index (κ1) is 21.4. The molecule has 2 aliphatic heterocycles. The van der Waals surface area contributed by atoms with Crippen molar-refractivity contribution in [2.24, 2.45) is 5.92 Å². The van der Waals surface area contributed by atoms with Crippen LogP contribution in [0.2, 0.25) is 0 Å². The summed E-state index contributed by atoms with van der Waals surface area (Å²) in [5, 5.41) is 8.87. The highest BCUT2D eigenvalue weighted by Crippen LogP contribution is 2.21. The molecule has 150 valence electrons. The fraction of sp³-hybridized carbons (Fsp3) is 0.632. The average Bonchev–Trinajstić information content (AvgIpc) is 2.67. The summed E-state index contributed by atoms with van der Waals surface area (Å²) >= 11 is 0. The maximum absolute atomic E-state index is 12.4. The van der Waals surface area contributed by atoms with Crippen molar-refractivity contribution in [3.8, 4) is 0 Å². The topological polar surface area (TPSA) is 77.0 Å². The Morgan fingerprint density at radius 2 is 1.67 bits per heavy atom. The number of aliphatic carboxylic acids is 1. The third-order valence-corrected chi connectivity index (χ3v) is 5.47. The van der Waals surface area contributed by atoms with Crippen molar-refractivity contribution < 1.29 is 14.7 Å². The monoisotopic (exact) mass is 396 g/mol. The quantitative estimate of drug-likeness (QED) is 0.789. The van der Waals surface area contributed by atoms with Crippen LogP contribution in [0.1, 0.15) is 25.7 Å². The van der Waals surface area contributed by atoms with Crippen LogP contribution in [0.15, 0.2) is 24.5 Å². The lowest BCUT2D eigenvalue weighted by molar-refractivity contribution is -0.138. The van der Waals surface area contributed by atoms with Crippen LogP contribution < -0.4 is 4.90 Å². The Morgan fingerprint density at radius 1 is 1.04 bits per heavy atom. The molecule has 0 aliphatic carbocycles. The smallest absolute Gasteiger partial charge is 0.303 e. The maximum atomic E-state index is 12.4. The maximum Gasteiger partial charge on any atom is 0.303 e. The van der Waals surface area contributed by atoms with Gasteiger partial charge in [0.1, 0.15) is 0 Å². The third kappa shape index (κ3) is 6.36. The SMILES string of the molecule is Cl.O=C(O)CC1CCN(C(=O)CCN2CCN(c3ccncc3)CC2)CC1. The molecule has 1 aromatic rings. The van der Waals surface area contributed by atoms with Crippen molar-refractivity contribution in [2.45, 2.75) is 25.7 Å². The number of piperidine rings is 1. The normalized spacial score (nSPS) is 18.8. The molecule has 1 aromatic heterocycles. The zero-order valence-corrected chi connectivity index (χ0v) is 16.4. The zero-order valence-electron chi connectivity index (χ0n) is 15.6. The molecule has 0 radical (unpaired) electrons. The number of piperazine rings is 1. The van der Waals surface area contributed by atoms with Crippen LogP contribution in [0.3, 0.4) is 0 Å². The molecule has 3 heterocycles. The molecule has 0 atom stereocenters. The van der Waals surface area contributed by atoms with E-state index in [9.17, 15) is 9.59 Å². The van der Waals surface area contributed by atoms with Crippen molar-refractivity contribution >= 4 is 30.0 Å². The number of carboxylic acid groups (broad SMARTS) is 1. The van der Waals surface area contributed by atoms with Crippen molar-refractivity contribution in [3.63, 3.8) is 0 Å². The highest BCUT2D eigenvalue weighted by molar-refractivity contribution is 5.85. The Labute approximate surface area is 166 Å². The standard InChI is InChI=1S/C19H28N4O3.ClH/c24-18(23-9-3-16(4-10-23)15-19(25)26)5-8-21-11-13-22(14-12-21)17-1-6-20-7-2-17;/h1-2,6-7,16H,3-5,8-15H2,(H,25,26);1H. The summed E-state index contributed by atoms with van der Waals surface area (Å²) < 4.78 is 0. The molecule has 0 aromatic carbocycles. The van der Waals surface area contributed by atoms with E-state index in [0.29, 0.717) is 19.5 Å². The second-order valence-corrected chi connectivity index (χ2v) is 7.21. The number of nitrogens with zero attached hydrogens (tertiary/aromatic N) is 4. The van der Waals surface area contributed by atoms with Crippen LogP contribution in [-0.4, -0.2) is 77.6 Å². The van der Waals surface area contributed by atoms with Gasteiger partial charge in [0.25, 0.3) is 0 Å². The number of amides is 1. The number of pyridine rings is 1. The molecule has 2 saturated heterocycles. The molecule has 0 unspecified atom stereocenters. The molecular formula is C19H29ClN4O3. The molecule has 3 rings (SSSR count). The van der Waals surface area contributed by atoms with Gasteiger partial charge in [-0.15, -0.1) is 12.4 Å². The molecule has 1 N–H and O–H groups in total. The Morgan fingerprint density at radius 3 is 2.26 bits per heavy atom. The first-order valence-corrected chi connectivity index (χ1v) is 9.48. The molecule has 7 nitrogen and oxygen atoms in total. The lowest BCUT2D eigenvalue weighted by Gasteiger charge is -2.36. The summed E-state index contributed by atoms with van der Waals surface area (Å²) in [6.07, 6.45) is 6.04. The fourth-order valence-electron chi connectivity index (χ4n) is 3.83. The number of hydrogen-bond acceptors (Lipinski definition) is 5. The van der Waals surface area contributed by atoms with Crippen LogP contribution in [-0.2, 0) is 9.59 Å². The minimum atomic E-state index is -0.735. The Kier molecular flexibility index (Phi) is 8.31. The van der Waals surface area contributed by atoms with Gasteiger partial charge in [0.05, 0.1) is 0 Å². The van der Waals surface area contributed by atoms with E-state index in [4.69, 9.17) is 5.11 Å². The highest BCUT2D eigenvalue weighted by atomic mass is 35.5. The Bertz CT molecular complexity index is 600. The van der Waals surface area contributed by atoms with Gasteiger partial charge >= 0.3 is 5.97 Å². The van der Waals surface area contributed by atoms with E-state index in [1.807, 2.05) is 29.4 Å².